The van der Waals surface area contributed by atoms with Gasteiger partial charge in [0.15, 0.2) is 11.5 Å². The van der Waals surface area contributed by atoms with Gasteiger partial charge in [-0.2, -0.15) is 0 Å². The minimum absolute atomic E-state index is 0.0943. The van der Waals surface area contributed by atoms with Crippen LogP contribution in [0.15, 0.2) is 24.3 Å². The third-order valence-corrected chi connectivity index (χ3v) is 8.14. The maximum absolute atomic E-state index is 12.7. The van der Waals surface area contributed by atoms with Gasteiger partial charge in [-0.05, 0) is 86.7 Å². The molecule has 4 bridgehead atoms. The summed E-state index contributed by atoms with van der Waals surface area (Å²) in [7, 11) is 1.67. The second-order valence-electron chi connectivity index (χ2n) is 10.1. The number of primary amides is 1. The standard InChI is InChI=1S/C24H34N2O3/c1-28-20-4-2-3-5-21(20)29-19-6-8-26(9-7-19)22(23(25)27)24-13-16-10-17(14-24)12-18(11-16)15-24/h2-5,16-19,22H,6-15H2,1H3,(H2,25,27). The van der Waals surface area contributed by atoms with Gasteiger partial charge in [0, 0.05) is 13.1 Å². The number of ether oxygens (including phenoxy) is 2. The number of amides is 1. The van der Waals surface area contributed by atoms with Crippen LogP contribution < -0.4 is 15.2 Å². The number of methoxy groups -OCH3 is 1. The Morgan fingerprint density at radius 2 is 1.59 bits per heavy atom. The number of nitrogens with zero attached hydrogens (tertiary/aromatic N) is 1. The van der Waals surface area contributed by atoms with Crippen molar-refractivity contribution < 1.29 is 14.3 Å². The smallest absolute Gasteiger partial charge is 0.235 e. The Kier molecular flexibility index (Phi) is 4.97. The minimum Gasteiger partial charge on any atom is -0.493 e. The SMILES string of the molecule is COc1ccccc1OC1CCN(C(C(N)=O)C23CC4CC(CC(C4)C2)C3)CC1. The van der Waals surface area contributed by atoms with Gasteiger partial charge in [-0.25, -0.2) is 0 Å². The van der Waals surface area contributed by atoms with Crippen LogP contribution in [0, 0.1) is 23.2 Å². The number of carbonyl (C=O) groups excluding carboxylic acids is 1. The Hall–Kier alpha value is -1.75. The van der Waals surface area contributed by atoms with Crippen molar-refractivity contribution in [1.29, 1.82) is 0 Å². The monoisotopic (exact) mass is 398 g/mol. The van der Waals surface area contributed by atoms with Crippen LogP contribution >= 0.6 is 0 Å². The van der Waals surface area contributed by atoms with E-state index in [2.05, 4.69) is 4.90 Å². The molecule has 29 heavy (non-hydrogen) atoms. The van der Waals surface area contributed by atoms with E-state index in [0.29, 0.717) is 0 Å². The predicted molar refractivity (Wildman–Crippen MR) is 112 cm³/mol. The zero-order chi connectivity index (χ0) is 20.0. The van der Waals surface area contributed by atoms with Crippen molar-refractivity contribution in [2.75, 3.05) is 20.2 Å². The molecule has 5 aliphatic rings. The Labute approximate surface area is 173 Å². The van der Waals surface area contributed by atoms with E-state index in [0.717, 1.165) is 55.2 Å². The molecule has 5 fully saturated rings. The topological polar surface area (TPSA) is 64.8 Å². The van der Waals surface area contributed by atoms with E-state index in [9.17, 15) is 4.79 Å². The molecule has 1 saturated heterocycles. The highest BCUT2D eigenvalue weighted by atomic mass is 16.5. The third-order valence-electron chi connectivity index (χ3n) is 8.14. The van der Waals surface area contributed by atoms with Gasteiger partial charge in [0.05, 0.1) is 13.2 Å². The zero-order valence-electron chi connectivity index (χ0n) is 17.5. The lowest BCUT2D eigenvalue weighted by atomic mass is 9.47. The molecule has 1 amide bonds. The van der Waals surface area contributed by atoms with Crippen LogP contribution in [0.1, 0.15) is 51.4 Å². The van der Waals surface area contributed by atoms with Gasteiger partial charge in [0.25, 0.3) is 0 Å². The Balaban J connectivity index is 1.27. The highest BCUT2D eigenvalue weighted by Gasteiger charge is 2.57. The number of hydrogen-bond acceptors (Lipinski definition) is 4. The molecule has 4 aliphatic carbocycles. The second-order valence-corrected chi connectivity index (χ2v) is 10.1. The molecule has 6 rings (SSSR count). The molecule has 1 heterocycles. The van der Waals surface area contributed by atoms with Crippen LogP contribution in [0.4, 0.5) is 0 Å². The van der Waals surface area contributed by atoms with Crippen LogP contribution in [-0.4, -0.2) is 43.2 Å². The van der Waals surface area contributed by atoms with Gasteiger partial charge in [0.1, 0.15) is 6.10 Å². The van der Waals surface area contributed by atoms with Crippen LogP contribution in [0.2, 0.25) is 0 Å². The zero-order valence-corrected chi connectivity index (χ0v) is 17.5. The highest BCUT2D eigenvalue weighted by Crippen LogP contribution is 2.62. The van der Waals surface area contributed by atoms with E-state index in [-0.39, 0.29) is 23.5 Å². The molecule has 2 N–H and O–H groups in total. The van der Waals surface area contributed by atoms with Crippen molar-refractivity contribution in [3.63, 3.8) is 0 Å². The van der Waals surface area contributed by atoms with Crippen LogP contribution in [0.3, 0.4) is 0 Å². The molecule has 1 atom stereocenters. The number of hydrogen-bond donors (Lipinski definition) is 1. The van der Waals surface area contributed by atoms with Gasteiger partial charge in [0.2, 0.25) is 5.91 Å². The number of para-hydroxylation sites is 2. The Bertz CT molecular complexity index is 721. The van der Waals surface area contributed by atoms with Crippen LogP contribution in [0.25, 0.3) is 0 Å². The maximum atomic E-state index is 12.7. The summed E-state index contributed by atoms with van der Waals surface area (Å²) in [6, 6.07) is 7.73. The van der Waals surface area contributed by atoms with E-state index >= 15 is 0 Å². The molecule has 4 saturated carbocycles. The fraction of sp³-hybridized carbons (Fsp3) is 0.708. The second kappa shape index (κ2) is 7.50. The molecular weight excluding hydrogens is 364 g/mol. The summed E-state index contributed by atoms with van der Waals surface area (Å²) in [5, 5.41) is 0. The van der Waals surface area contributed by atoms with Crippen LogP contribution in [-0.2, 0) is 4.79 Å². The summed E-state index contributed by atoms with van der Waals surface area (Å²) in [6.45, 7) is 1.77. The van der Waals surface area contributed by atoms with Crippen LogP contribution in [0.5, 0.6) is 11.5 Å². The largest absolute Gasteiger partial charge is 0.493 e. The molecule has 1 aliphatic heterocycles. The summed E-state index contributed by atoms with van der Waals surface area (Å²) in [5.41, 5.74) is 6.19. The van der Waals surface area contributed by atoms with Gasteiger partial charge in [-0.15, -0.1) is 0 Å². The van der Waals surface area contributed by atoms with E-state index in [1.54, 1.807) is 7.11 Å². The molecular formula is C24H34N2O3. The normalized spacial score (nSPS) is 35.4. The number of carbonyl (C=O) groups is 1. The first-order chi connectivity index (χ1) is 14.1. The summed E-state index contributed by atoms with van der Waals surface area (Å²) in [6.07, 6.45) is 9.81. The van der Waals surface area contributed by atoms with Gasteiger partial charge in [-0.3, -0.25) is 9.69 Å². The Morgan fingerprint density at radius 1 is 1.03 bits per heavy atom. The summed E-state index contributed by atoms with van der Waals surface area (Å²) in [4.78, 5) is 15.1. The minimum atomic E-state index is -0.101. The lowest BCUT2D eigenvalue weighted by molar-refractivity contribution is -0.145. The highest BCUT2D eigenvalue weighted by molar-refractivity contribution is 5.81. The molecule has 1 aromatic carbocycles. The van der Waals surface area contributed by atoms with Gasteiger partial charge < -0.3 is 15.2 Å². The van der Waals surface area contributed by atoms with E-state index in [4.69, 9.17) is 15.2 Å². The first kappa shape index (κ1) is 19.2. The van der Waals surface area contributed by atoms with Crippen molar-refractivity contribution in [1.82, 2.24) is 4.90 Å². The quantitative estimate of drug-likeness (QED) is 0.795. The molecule has 1 aromatic rings. The first-order valence-corrected chi connectivity index (χ1v) is 11.4. The van der Waals surface area contributed by atoms with Crippen molar-refractivity contribution in [2.24, 2.45) is 28.9 Å². The lowest BCUT2D eigenvalue weighted by Gasteiger charge is -2.60. The maximum Gasteiger partial charge on any atom is 0.235 e. The summed E-state index contributed by atoms with van der Waals surface area (Å²) >= 11 is 0. The van der Waals surface area contributed by atoms with Crippen molar-refractivity contribution >= 4 is 5.91 Å². The summed E-state index contributed by atoms with van der Waals surface area (Å²) in [5.74, 6) is 3.97. The molecule has 0 aromatic heterocycles. The van der Waals surface area contributed by atoms with Gasteiger partial charge >= 0.3 is 0 Å². The number of rotatable bonds is 6. The molecule has 158 valence electrons. The fourth-order valence-corrected chi connectivity index (χ4v) is 7.53. The number of benzene rings is 1. The average molecular weight is 399 g/mol. The fourth-order valence-electron chi connectivity index (χ4n) is 7.53. The average Bonchev–Trinajstić information content (AvgIpc) is 2.68. The lowest BCUT2D eigenvalue weighted by Crippen LogP contribution is -2.62. The van der Waals surface area contributed by atoms with Crippen molar-refractivity contribution in [2.45, 2.75) is 63.5 Å². The molecule has 5 nitrogen and oxygen atoms in total. The Morgan fingerprint density at radius 3 is 2.10 bits per heavy atom. The van der Waals surface area contributed by atoms with E-state index in [1.807, 2.05) is 24.3 Å². The van der Waals surface area contributed by atoms with Gasteiger partial charge in [-0.1, -0.05) is 12.1 Å². The molecule has 0 radical (unpaired) electrons. The molecule has 1 unspecified atom stereocenters. The third kappa shape index (κ3) is 3.52. The predicted octanol–water partition coefficient (Wildman–Crippen LogP) is 3.61. The first-order valence-electron chi connectivity index (χ1n) is 11.4. The van der Waals surface area contributed by atoms with E-state index < -0.39 is 0 Å². The summed E-state index contributed by atoms with van der Waals surface area (Å²) < 4.78 is 11.7. The van der Waals surface area contributed by atoms with E-state index in [1.165, 1.54) is 38.5 Å². The van der Waals surface area contributed by atoms with Crippen molar-refractivity contribution in [3.8, 4) is 11.5 Å². The molecule has 0 spiro atoms. The number of piperidine rings is 1. The number of nitrogens with two attached hydrogens (primary N) is 1. The number of likely N-dealkylation sites (tertiary alicyclic amines) is 1. The molecule has 5 heteroatoms. The van der Waals surface area contributed by atoms with Crippen molar-refractivity contribution in [3.05, 3.63) is 24.3 Å².